The molecule has 0 spiro atoms. The maximum absolute atomic E-state index is 11.3. The van der Waals surface area contributed by atoms with Crippen LogP contribution in [-0.4, -0.2) is 40.9 Å². The van der Waals surface area contributed by atoms with E-state index in [-0.39, 0.29) is 18.2 Å². The van der Waals surface area contributed by atoms with Gasteiger partial charge in [-0.1, -0.05) is 6.92 Å². The third-order valence-corrected chi connectivity index (χ3v) is 3.70. The lowest BCUT2D eigenvalue weighted by molar-refractivity contribution is 0.101. The molecule has 20 heavy (non-hydrogen) atoms. The molecule has 2 rings (SSSR count). The molecule has 6 heteroatoms. The number of Topliss-reactive ketones (excluding diaryl/α,β-unsaturated/α-hetero) is 1. The van der Waals surface area contributed by atoms with Gasteiger partial charge in [-0.05, 0) is 20.3 Å². The van der Waals surface area contributed by atoms with Crippen LogP contribution in [0.4, 0.5) is 5.82 Å². The van der Waals surface area contributed by atoms with Crippen molar-refractivity contribution in [3.8, 4) is 0 Å². The molecule has 1 aromatic rings. The summed E-state index contributed by atoms with van der Waals surface area (Å²) in [4.78, 5) is 22.4. The van der Waals surface area contributed by atoms with E-state index in [1.54, 1.807) is 6.20 Å². The molecule has 0 saturated carbocycles. The third-order valence-electron chi connectivity index (χ3n) is 3.70. The van der Waals surface area contributed by atoms with Gasteiger partial charge in [0, 0.05) is 32.1 Å². The molecule has 0 aliphatic carbocycles. The largest absolute Gasteiger partial charge is 0.350 e. The quantitative estimate of drug-likeness (QED) is 0.865. The normalized spacial score (nSPS) is 22.3. The van der Waals surface area contributed by atoms with Crippen LogP contribution in [0.3, 0.4) is 0 Å². The van der Waals surface area contributed by atoms with E-state index >= 15 is 0 Å². The van der Waals surface area contributed by atoms with Crippen LogP contribution in [0, 0.1) is 6.92 Å². The van der Waals surface area contributed by atoms with Gasteiger partial charge >= 0.3 is 0 Å². The van der Waals surface area contributed by atoms with Crippen molar-refractivity contribution in [3.05, 3.63) is 17.6 Å². The third kappa shape index (κ3) is 3.46. The summed E-state index contributed by atoms with van der Waals surface area (Å²) in [6, 6.07) is 0.879. The van der Waals surface area contributed by atoms with Gasteiger partial charge in [0.15, 0.2) is 5.78 Å². The molecule has 1 fully saturated rings. The molecule has 1 saturated heterocycles. The summed E-state index contributed by atoms with van der Waals surface area (Å²) in [5.74, 6) is 0.861. The van der Waals surface area contributed by atoms with Crippen molar-refractivity contribution < 1.29 is 4.79 Å². The van der Waals surface area contributed by atoms with Gasteiger partial charge in [0.25, 0.3) is 0 Å². The van der Waals surface area contributed by atoms with Crippen molar-refractivity contribution in [2.45, 2.75) is 46.2 Å². The van der Waals surface area contributed by atoms with Gasteiger partial charge in [-0.2, -0.15) is 0 Å². The summed E-state index contributed by atoms with van der Waals surface area (Å²) >= 11 is 0. The average Bonchev–Trinajstić information content (AvgIpc) is 2.39. The van der Waals surface area contributed by atoms with E-state index < -0.39 is 0 Å². The number of ketones is 1. The van der Waals surface area contributed by atoms with Gasteiger partial charge in [-0.25, -0.2) is 9.97 Å². The van der Waals surface area contributed by atoms with Gasteiger partial charge in [-0.3, -0.25) is 4.79 Å². The monoisotopic (exact) mass is 298 g/mol. The van der Waals surface area contributed by atoms with Gasteiger partial charge in [0.05, 0.1) is 11.9 Å². The van der Waals surface area contributed by atoms with Crippen LogP contribution < -0.4 is 10.2 Å². The van der Waals surface area contributed by atoms with Crippen molar-refractivity contribution in [1.82, 2.24) is 15.3 Å². The number of nitrogens with one attached hydrogen (secondary N) is 1. The summed E-state index contributed by atoms with van der Waals surface area (Å²) in [6.07, 6.45) is 2.68. The van der Waals surface area contributed by atoms with Crippen LogP contribution in [0.25, 0.3) is 0 Å². The Hall–Kier alpha value is -1.20. The highest BCUT2D eigenvalue weighted by atomic mass is 35.5. The fourth-order valence-electron chi connectivity index (χ4n) is 2.42. The van der Waals surface area contributed by atoms with Crippen LogP contribution in [0.15, 0.2) is 6.20 Å². The smallest absolute Gasteiger partial charge is 0.179 e. The number of rotatable bonds is 3. The van der Waals surface area contributed by atoms with Gasteiger partial charge in [0.1, 0.15) is 11.5 Å². The molecule has 1 aliphatic rings. The zero-order valence-corrected chi connectivity index (χ0v) is 13.3. The van der Waals surface area contributed by atoms with Crippen molar-refractivity contribution >= 4 is 24.0 Å². The lowest BCUT2D eigenvalue weighted by Crippen LogP contribution is -2.55. The van der Waals surface area contributed by atoms with Crippen LogP contribution in [0.5, 0.6) is 0 Å². The molecule has 1 N–H and O–H groups in total. The predicted molar refractivity (Wildman–Crippen MR) is 82.9 cm³/mol. The Bertz CT molecular complexity index is 480. The molecule has 0 unspecified atom stereocenters. The Morgan fingerprint density at radius 2 is 2.25 bits per heavy atom. The van der Waals surface area contributed by atoms with E-state index in [0.29, 0.717) is 17.8 Å². The molecule has 1 aliphatic heterocycles. The molecule has 112 valence electrons. The molecule has 2 heterocycles. The van der Waals surface area contributed by atoms with Crippen molar-refractivity contribution in [2.75, 3.05) is 18.0 Å². The number of hydrogen-bond donors (Lipinski definition) is 1. The predicted octanol–water partition coefficient (Wildman–Crippen LogP) is 1.99. The second-order valence-corrected chi connectivity index (χ2v) is 5.24. The maximum Gasteiger partial charge on any atom is 0.179 e. The number of aromatic nitrogens is 2. The van der Waals surface area contributed by atoms with E-state index in [4.69, 9.17) is 0 Å². The Kier molecular flexibility index (Phi) is 5.89. The van der Waals surface area contributed by atoms with Crippen LogP contribution in [-0.2, 0) is 0 Å². The fraction of sp³-hybridized carbons (Fsp3) is 0.643. The highest BCUT2D eigenvalue weighted by Gasteiger charge is 2.26. The molecular formula is C14H23ClN4O. The summed E-state index contributed by atoms with van der Waals surface area (Å²) in [5.41, 5.74) is 1.27. The van der Waals surface area contributed by atoms with E-state index in [1.165, 1.54) is 6.92 Å². The van der Waals surface area contributed by atoms with Gasteiger partial charge in [0.2, 0.25) is 0 Å². The number of carbonyl (C=O) groups excluding carboxylic acids is 1. The Morgan fingerprint density at radius 3 is 2.80 bits per heavy atom. The molecule has 0 radical (unpaired) electrons. The fourth-order valence-corrected chi connectivity index (χ4v) is 2.42. The van der Waals surface area contributed by atoms with Crippen LogP contribution in [0.2, 0.25) is 0 Å². The topological polar surface area (TPSA) is 58.1 Å². The van der Waals surface area contributed by atoms with E-state index in [2.05, 4.69) is 34.0 Å². The molecule has 5 nitrogen and oxygen atoms in total. The SMILES string of the molecule is CC[C@H]1CN(c2ncc(C(C)=O)nc2C)[C@H](C)CN1.Cl. The average molecular weight is 299 g/mol. The number of piperazine rings is 1. The van der Waals surface area contributed by atoms with E-state index in [9.17, 15) is 4.79 Å². The number of nitrogens with zero attached hydrogens (tertiary/aromatic N) is 3. The van der Waals surface area contributed by atoms with Gasteiger partial charge in [-0.15, -0.1) is 12.4 Å². The lowest BCUT2D eigenvalue weighted by Gasteiger charge is -2.39. The second kappa shape index (κ2) is 6.99. The standard InChI is InChI=1S/C14H22N4O.ClH/c1-5-12-8-18(9(2)6-15-12)14-10(3)17-13(7-16-14)11(4)19;/h7,9,12,15H,5-6,8H2,1-4H3;1H/t9-,12+;/m1./s1. The molecule has 1 aromatic heterocycles. The summed E-state index contributed by atoms with van der Waals surface area (Å²) in [5, 5.41) is 3.52. The van der Waals surface area contributed by atoms with Crippen molar-refractivity contribution in [2.24, 2.45) is 0 Å². The Balaban J connectivity index is 0.00000200. The number of carbonyl (C=O) groups is 1. The number of anilines is 1. The summed E-state index contributed by atoms with van der Waals surface area (Å²) in [6.45, 7) is 9.69. The van der Waals surface area contributed by atoms with Crippen LogP contribution >= 0.6 is 12.4 Å². The molecule has 0 bridgehead atoms. The highest BCUT2D eigenvalue weighted by Crippen LogP contribution is 2.21. The van der Waals surface area contributed by atoms with Crippen molar-refractivity contribution in [1.29, 1.82) is 0 Å². The number of hydrogen-bond acceptors (Lipinski definition) is 5. The Labute approximate surface area is 126 Å². The minimum atomic E-state index is -0.0399. The van der Waals surface area contributed by atoms with Crippen molar-refractivity contribution in [3.63, 3.8) is 0 Å². The van der Waals surface area contributed by atoms with Crippen LogP contribution in [0.1, 0.15) is 43.4 Å². The summed E-state index contributed by atoms with van der Waals surface area (Å²) in [7, 11) is 0. The number of aryl methyl sites for hydroxylation is 1. The van der Waals surface area contributed by atoms with E-state index in [0.717, 1.165) is 31.0 Å². The highest BCUT2D eigenvalue weighted by molar-refractivity contribution is 5.91. The minimum absolute atomic E-state index is 0. The molecule has 0 amide bonds. The zero-order chi connectivity index (χ0) is 14.0. The Morgan fingerprint density at radius 1 is 1.55 bits per heavy atom. The first-order valence-corrected chi connectivity index (χ1v) is 6.87. The second-order valence-electron chi connectivity index (χ2n) is 5.24. The lowest BCUT2D eigenvalue weighted by atomic mass is 10.1. The molecular weight excluding hydrogens is 276 g/mol. The number of halogens is 1. The first-order valence-electron chi connectivity index (χ1n) is 6.87. The zero-order valence-electron chi connectivity index (χ0n) is 12.5. The maximum atomic E-state index is 11.3. The summed E-state index contributed by atoms with van der Waals surface area (Å²) < 4.78 is 0. The first-order chi connectivity index (χ1) is 9.02. The molecule has 2 atom stereocenters. The van der Waals surface area contributed by atoms with Gasteiger partial charge < -0.3 is 10.2 Å². The minimum Gasteiger partial charge on any atom is -0.350 e. The first kappa shape index (κ1) is 16.9. The molecule has 0 aromatic carbocycles. The van der Waals surface area contributed by atoms with E-state index in [1.807, 2.05) is 6.92 Å².